The van der Waals surface area contributed by atoms with Crippen molar-refractivity contribution in [1.29, 1.82) is 0 Å². The van der Waals surface area contributed by atoms with E-state index in [4.69, 9.17) is 5.11 Å². The van der Waals surface area contributed by atoms with Crippen molar-refractivity contribution in [3.8, 4) is 5.95 Å². The van der Waals surface area contributed by atoms with Crippen molar-refractivity contribution in [2.45, 2.75) is 20.3 Å². The van der Waals surface area contributed by atoms with Crippen molar-refractivity contribution in [1.82, 2.24) is 25.0 Å². The molecule has 2 rings (SSSR count). The summed E-state index contributed by atoms with van der Waals surface area (Å²) in [5.74, 6) is -0.770. The van der Waals surface area contributed by atoms with Gasteiger partial charge in [0.15, 0.2) is 0 Å². The Morgan fingerprint density at radius 2 is 2.22 bits per heavy atom. The molecule has 0 aromatic carbocycles. The lowest BCUT2D eigenvalue weighted by molar-refractivity contribution is -0.136. The van der Waals surface area contributed by atoms with E-state index in [1.807, 2.05) is 0 Å². The van der Waals surface area contributed by atoms with Gasteiger partial charge in [0, 0.05) is 11.3 Å². The predicted molar refractivity (Wildman–Crippen MR) is 60.6 cm³/mol. The number of aliphatic carboxylic acids is 1. The van der Waals surface area contributed by atoms with Crippen molar-refractivity contribution in [2.75, 3.05) is 0 Å². The van der Waals surface area contributed by atoms with Gasteiger partial charge in [-0.1, -0.05) is 0 Å². The molecule has 0 aliphatic carbocycles. The lowest BCUT2D eigenvalue weighted by atomic mass is 10.1. The van der Waals surface area contributed by atoms with E-state index in [2.05, 4.69) is 20.3 Å². The van der Waals surface area contributed by atoms with Gasteiger partial charge in [-0.2, -0.15) is 5.10 Å². The van der Waals surface area contributed by atoms with Crippen molar-refractivity contribution >= 4 is 5.97 Å². The molecule has 2 N–H and O–H groups in total. The summed E-state index contributed by atoms with van der Waals surface area (Å²) in [6, 6.07) is 0. The molecule has 8 heteroatoms. The smallest absolute Gasteiger partial charge is 0.307 e. The van der Waals surface area contributed by atoms with Gasteiger partial charge in [0.2, 0.25) is 0 Å². The Hall–Kier alpha value is -2.51. The molecule has 0 unspecified atom stereocenters. The molecule has 0 atom stereocenters. The van der Waals surface area contributed by atoms with Gasteiger partial charge in [-0.05, 0) is 13.8 Å². The van der Waals surface area contributed by atoms with E-state index < -0.39 is 11.5 Å². The first-order valence-corrected chi connectivity index (χ1v) is 5.18. The van der Waals surface area contributed by atoms with Crippen LogP contribution in [0.1, 0.15) is 17.0 Å². The molecule has 2 aromatic heterocycles. The standard InChI is InChI=1S/C10H11N5O3/c1-5-7(3-9(17)18)6(2)15(14-5)10-12-8(16)4-11-13-10/h4H,3H2,1-2H3,(H,17,18)(H,12,13,16). The molecular weight excluding hydrogens is 238 g/mol. The van der Waals surface area contributed by atoms with E-state index in [1.165, 1.54) is 4.68 Å². The zero-order valence-electron chi connectivity index (χ0n) is 9.84. The first-order valence-electron chi connectivity index (χ1n) is 5.18. The number of carboxylic acids is 1. The normalized spacial score (nSPS) is 10.6. The number of hydrogen-bond acceptors (Lipinski definition) is 5. The third kappa shape index (κ3) is 2.12. The molecule has 2 heterocycles. The van der Waals surface area contributed by atoms with Crippen LogP contribution in [0.3, 0.4) is 0 Å². The molecule has 2 aromatic rings. The van der Waals surface area contributed by atoms with Gasteiger partial charge in [-0.15, -0.1) is 10.2 Å². The Bertz CT molecular complexity index is 658. The summed E-state index contributed by atoms with van der Waals surface area (Å²) in [5, 5.41) is 20.3. The molecule has 18 heavy (non-hydrogen) atoms. The Morgan fingerprint density at radius 1 is 1.50 bits per heavy atom. The van der Waals surface area contributed by atoms with E-state index >= 15 is 0 Å². The topological polar surface area (TPSA) is 114 Å². The number of aromatic nitrogens is 5. The van der Waals surface area contributed by atoms with E-state index in [0.29, 0.717) is 17.0 Å². The Kier molecular flexibility index (Phi) is 2.92. The van der Waals surface area contributed by atoms with Gasteiger partial charge < -0.3 is 5.11 Å². The number of nitrogens with one attached hydrogen (secondary N) is 1. The molecule has 0 saturated heterocycles. The van der Waals surface area contributed by atoms with Gasteiger partial charge >= 0.3 is 5.97 Å². The summed E-state index contributed by atoms with van der Waals surface area (Å²) in [4.78, 5) is 24.4. The number of carboxylic acid groups (broad SMARTS) is 1. The fourth-order valence-corrected chi connectivity index (χ4v) is 1.69. The number of aromatic amines is 1. The summed E-state index contributed by atoms with van der Waals surface area (Å²) in [7, 11) is 0. The predicted octanol–water partition coefficient (Wildman–Crippen LogP) is -0.405. The summed E-state index contributed by atoms with van der Waals surface area (Å²) < 4.78 is 1.38. The van der Waals surface area contributed by atoms with Crippen molar-refractivity contribution in [3.05, 3.63) is 33.5 Å². The lowest BCUT2D eigenvalue weighted by Crippen LogP contribution is -2.15. The first kappa shape index (κ1) is 12.0. The number of aryl methyl sites for hydroxylation is 1. The average Bonchev–Trinajstić information content (AvgIpc) is 2.56. The molecule has 94 valence electrons. The minimum absolute atomic E-state index is 0.123. The monoisotopic (exact) mass is 249 g/mol. The van der Waals surface area contributed by atoms with E-state index in [1.54, 1.807) is 13.8 Å². The SMILES string of the molecule is Cc1nn(-c2nncc(=O)[nH]2)c(C)c1CC(=O)O. The van der Waals surface area contributed by atoms with E-state index in [9.17, 15) is 9.59 Å². The quantitative estimate of drug-likeness (QED) is 0.764. The highest BCUT2D eigenvalue weighted by Crippen LogP contribution is 2.15. The van der Waals surface area contributed by atoms with Crippen LogP contribution in [0.4, 0.5) is 0 Å². The van der Waals surface area contributed by atoms with Crippen LogP contribution in [0.25, 0.3) is 5.95 Å². The molecule has 0 bridgehead atoms. The third-order valence-corrected chi connectivity index (χ3v) is 2.53. The van der Waals surface area contributed by atoms with Gasteiger partial charge in [0.25, 0.3) is 11.5 Å². The van der Waals surface area contributed by atoms with Gasteiger partial charge in [-0.3, -0.25) is 14.6 Å². The molecule has 0 aliphatic rings. The van der Waals surface area contributed by atoms with Crippen LogP contribution in [-0.4, -0.2) is 36.0 Å². The molecular formula is C10H11N5O3. The van der Waals surface area contributed by atoms with Crippen molar-refractivity contribution in [3.63, 3.8) is 0 Å². The highest BCUT2D eigenvalue weighted by Gasteiger charge is 2.16. The van der Waals surface area contributed by atoms with Crippen LogP contribution in [0.5, 0.6) is 0 Å². The summed E-state index contributed by atoms with van der Waals surface area (Å²) in [6.07, 6.45) is 0.926. The second kappa shape index (κ2) is 4.40. The highest BCUT2D eigenvalue weighted by atomic mass is 16.4. The summed E-state index contributed by atoms with van der Waals surface area (Å²) in [5.41, 5.74) is 1.41. The highest BCUT2D eigenvalue weighted by molar-refractivity contribution is 5.71. The number of H-pyrrole nitrogens is 1. The van der Waals surface area contributed by atoms with Crippen molar-refractivity contribution in [2.24, 2.45) is 0 Å². The molecule has 0 saturated carbocycles. The second-order valence-corrected chi connectivity index (χ2v) is 3.79. The fourth-order valence-electron chi connectivity index (χ4n) is 1.69. The number of nitrogens with zero attached hydrogens (tertiary/aromatic N) is 4. The third-order valence-electron chi connectivity index (χ3n) is 2.53. The molecule has 0 fully saturated rings. The van der Waals surface area contributed by atoms with Gasteiger partial charge in [0.05, 0.1) is 12.1 Å². The maximum Gasteiger partial charge on any atom is 0.307 e. The number of rotatable bonds is 3. The van der Waals surface area contributed by atoms with Crippen LogP contribution >= 0.6 is 0 Å². The van der Waals surface area contributed by atoms with E-state index in [-0.39, 0.29) is 12.4 Å². The van der Waals surface area contributed by atoms with E-state index in [0.717, 1.165) is 6.20 Å². The van der Waals surface area contributed by atoms with Crippen molar-refractivity contribution < 1.29 is 9.90 Å². The largest absolute Gasteiger partial charge is 0.481 e. The van der Waals surface area contributed by atoms with Crippen LogP contribution in [0.2, 0.25) is 0 Å². The minimum Gasteiger partial charge on any atom is -0.481 e. The molecule has 8 nitrogen and oxygen atoms in total. The zero-order valence-corrected chi connectivity index (χ0v) is 9.84. The molecule has 0 aliphatic heterocycles. The lowest BCUT2D eigenvalue weighted by Gasteiger charge is -2.01. The maximum atomic E-state index is 11.2. The summed E-state index contributed by atoms with van der Waals surface area (Å²) >= 11 is 0. The second-order valence-electron chi connectivity index (χ2n) is 3.79. The first-order chi connectivity index (χ1) is 8.49. The van der Waals surface area contributed by atoms with Crippen LogP contribution in [-0.2, 0) is 11.2 Å². The molecule has 0 spiro atoms. The number of hydrogen-bond donors (Lipinski definition) is 2. The number of carbonyl (C=O) groups is 1. The van der Waals surface area contributed by atoms with Crippen LogP contribution < -0.4 is 5.56 Å². The molecule has 0 radical (unpaired) electrons. The Balaban J connectivity index is 2.53. The van der Waals surface area contributed by atoms with Gasteiger partial charge in [0.1, 0.15) is 6.20 Å². The molecule has 0 amide bonds. The van der Waals surface area contributed by atoms with Crippen LogP contribution in [0, 0.1) is 13.8 Å². The Morgan fingerprint density at radius 3 is 2.83 bits per heavy atom. The van der Waals surface area contributed by atoms with Crippen LogP contribution in [0.15, 0.2) is 11.0 Å². The Labute approximate surface area is 101 Å². The van der Waals surface area contributed by atoms with Gasteiger partial charge in [-0.25, -0.2) is 4.68 Å². The summed E-state index contributed by atoms with van der Waals surface area (Å²) in [6.45, 7) is 3.42. The average molecular weight is 249 g/mol. The fraction of sp³-hybridized carbons (Fsp3) is 0.300. The maximum absolute atomic E-state index is 11.2. The minimum atomic E-state index is -0.937. The zero-order chi connectivity index (χ0) is 13.3.